The van der Waals surface area contributed by atoms with Gasteiger partial charge < -0.3 is 21.1 Å². The summed E-state index contributed by atoms with van der Waals surface area (Å²) < 4.78 is 5.58. The maximum atomic E-state index is 11.9. The standard InChI is InChI=1S/C14H20N4O3/c15-13(19)12-8-10(3-5-17-12)14(20)18-4-1-2-11-9-16-6-7-21-11/h3,5,8,11,16H,1-2,4,6-7,9H2,(H2,15,19)(H,18,20). The molecule has 1 unspecified atom stereocenters. The molecule has 0 aliphatic carbocycles. The van der Waals surface area contributed by atoms with Crippen LogP contribution in [-0.4, -0.2) is 49.1 Å². The third-order valence-corrected chi connectivity index (χ3v) is 3.27. The van der Waals surface area contributed by atoms with Gasteiger partial charge in [-0.2, -0.15) is 0 Å². The molecule has 7 heteroatoms. The molecule has 2 rings (SSSR count). The highest BCUT2D eigenvalue weighted by molar-refractivity contribution is 5.97. The normalized spacial score (nSPS) is 18.2. The van der Waals surface area contributed by atoms with E-state index in [1.54, 1.807) is 6.07 Å². The number of morpholine rings is 1. The lowest BCUT2D eigenvalue weighted by molar-refractivity contribution is 0.0225. The van der Waals surface area contributed by atoms with Gasteiger partial charge in [0.15, 0.2) is 0 Å². The number of ether oxygens (including phenoxy) is 1. The van der Waals surface area contributed by atoms with Crippen molar-refractivity contribution in [2.24, 2.45) is 5.73 Å². The van der Waals surface area contributed by atoms with Crippen LogP contribution >= 0.6 is 0 Å². The van der Waals surface area contributed by atoms with Crippen molar-refractivity contribution < 1.29 is 14.3 Å². The summed E-state index contributed by atoms with van der Waals surface area (Å²) in [7, 11) is 0. The second-order valence-corrected chi connectivity index (χ2v) is 4.89. The molecular weight excluding hydrogens is 272 g/mol. The molecule has 1 aliphatic heterocycles. The zero-order chi connectivity index (χ0) is 15.1. The van der Waals surface area contributed by atoms with Crippen LogP contribution in [0.15, 0.2) is 18.3 Å². The number of primary amides is 1. The average molecular weight is 292 g/mol. The van der Waals surface area contributed by atoms with E-state index < -0.39 is 5.91 Å². The van der Waals surface area contributed by atoms with E-state index in [1.165, 1.54) is 12.3 Å². The summed E-state index contributed by atoms with van der Waals surface area (Å²) in [6.45, 7) is 3.06. The number of amides is 2. The van der Waals surface area contributed by atoms with Crippen LogP contribution in [0.5, 0.6) is 0 Å². The molecule has 2 amide bonds. The maximum Gasteiger partial charge on any atom is 0.267 e. The summed E-state index contributed by atoms with van der Waals surface area (Å²) in [5.74, 6) is -0.880. The minimum atomic E-state index is -0.647. The molecule has 1 aromatic heterocycles. The Hall–Kier alpha value is -1.99. The lowest BCUT2D eigenvalue weighted by Gasteiger charge is -2.23. The number of hydrogen-bond donors (Lipinski definition) is 3. The summed E-state index contributed by atoms with van der Waals surface area (Å²) in [5, 5.41) is 6.07. The van der Waals surface area contributed by atoms with Crippen LogP contribution in [0.2, 0.25) is 0 Å². The topological polar surface area (TPSA) is 106 Å². The van der Waals surface area contributed by atoms with Gasteiger partial charge in [0.1, 0.15) is 5.69 Å². The van der Waals surface area contributed by atoms with E-state index in [4.69, 9.17) is 10.5 Å². The Bertz CT molecular complexity index is 501. The molecule has 1 fully saturated rings. The lowest BCUT2D eigenvalue weighted by atomic mass is 10.1. The Kier molecular flexibility index (Phi) is 5.65. The van der Waals surface area contributed by atoms with Crippen molar-refractivity contribution in [1.82, 2.24) is 15.6 Å². The molecule has 1 atom stereocenters. The second-order valence-electron chi connectivity index (χ2n) is 4.89. The fraction of sp³-hybridized carbons (Fsp3) is 0.500. The molecule has 2 heterocycles. The van der Waals surface area contributed by atoms with Crippen molar-refractivity contribution in [3.63, 3.8) is 0 Å². The molecule has 4 N–H and O–H groups in total. The first-order chi connectivity index (χ1) is 10.2. The summed E-state index contributed by atoms with van der Waals surface area (Å²) in [5.41, 5.74) is 5.61. The van der Waals surface area contributed by atoms with E-state index in [-0.39, 0.29) is 17.7 Å². The van der Waals surface area contributed by atoms with Crippen LogP contribution in [0.4, 0.5) is 0 Å². The van der Waals surface area contributed by atoms with Crippen molar-refractivity contribution in [2.75, 3.05) is 26.2 Å². The van der Waals surface area contributed by atoms with Gasteiger partial charge >= 0.3 is 0 Å². The fourth-order valence-electron chi connectivity index (χ4n) is 2.15. The van der Waals surface area contributed by atoms with E-state index in [0.717, 1.165) is 32.5 Å². The highest BCUT2D eigenvalue weighted by Gasteiger charge is 2.13. The van der Waals surface area contributed by atoms with Gasteiger partial charge in [0.2, 0.25) is 0 Å². The number of rotatable bonds is 6. The van der Waals surface area contributed by atoms with E-state index in [1.807, 2.05) is 0 Å². The highest BCUT2D eigenvalue weighted by Crippen LogP contribution is 2.05. The number of nitrogens with two attached hydrogens (primary N) is 1. The third kappa shape index (κ3) is 4.80. The summed E-state index contributed by atoms with van der Waals surface area (Å²) >= 11 is 0. The Balaban J connectivity index is 1.74. The van der Waals surface area contributed by atoms with Gasteiger partial charge in [-0.25, -0.2) is 0 Å². The van der Waals surface area contributed by atoms with Gasteiger partial charge in [-0.1, -0.05) is 0 Å². The number of aromatic nitrogens is 1. The summed E-state index contributed by atoms with van der Waals surface area (Å²) in [4.78, 5) is 26.8. The first-order valence-electron chi connectivity index (χ1n) is 7.03. The number of carbonyl (C=O) groups excluding carboxylic acids is 2. The maximum absolute atomic E-state index is 11.9. The van der Waals surface area contributed by atoms with Gasteiger partial charge in [0, 0.05) is 31.4 Å². The van der Waals surface area contributed by atoms with Gasteiger partial charge in [0.25, 0.3) is 11.8 Å². The monoisotopic (exact) mass is 292 g/mol. The number of nitrogens with zero attached hydrogens (tertiary/aromatic N) is 1. The SMILES string of the molecule is NC(=O)c1cc(C(=O)NCCCC2CNCCO2)ccn1. The zero-order valence-electron chi connectivity index (χ0n) is 11.8. The molecule has 0 bridgehead atoms. The minimum absolute atomic E-state index is 0.0873. The van der Waals surface area contributed by atoms with Crippen molar-refractivity contribution in [1.29, 1.82) is 0 Å². The predicted molar refractivity (Wildman–Crippen MR) is 76.9 cm³/mol. The molecule has 21 heavy (non-hydrogen) atoms. The smallest absolute Gasteiger partial charge is 0.267 e. The Morgan fingerprint density at radius 2 is 2.38 bits per heavy atom. The van der Waals surface area contributed by atoms with Gasteiger partial charge in [-0.15, -0.1) is 0 Å². The molecule has 7 nitrogen and oxygen atoms in total. The molecule has 114 valence electrons. The van der Waals surface area contributed by atoms with E-state index in [0.29, 0.717) is 12.1 Å². The van der Waals surface area contributed by atoms with Gasteiger partial charge in [0.05, 0.1) is 12.7 Å². The highest BCUT2D eigenvalue weighted by atomic mass is 16.5. The van der Waals surface area contributed by atoms with Crippen molar-refractivity contribution in [3.05, 3.63) is 29.6 Å². The lowest BCUT2D eigenvalue weighted by Crippen LogP contribution is -2.38. The van der Waals surface area contributed by atoms with E-state index in [9.17, 15) is 9.59 Å². The number of pyridine rings is 1. The third-order valence-electron chi connectivity index (χ3n) is 3.27. The number of carbonyl (C=O) groups is 2. The van der Waals surface area contributed by atoms with Crippen LogP contribution in [0.1, 0.15) is 33.7 Å². The van der Waals surface area contributed by atoms with Crippen LogP contribution in [0, 0.1) is 0 Å². The largest absolute Gasteiger partial charge is 0.376 e. The van der Waals surface area contributed by atoms with E-state index >= 15 is 0 Å². The average Bonchev–Trinajstić information content (AvgIpc) is 2.52. The number of hydrogen-bond acceptors (Lipinski definition) is 5. The van der Waals surface area contributed by atoms with Crippen LogP contribution in [-0.2, 0) is 4.74 Å². The molecular formula is C14H20N4O3. The Morgan fingerprint density at radius 1 is 1.52 bits per heavy atom. The van der Waals surface area contributed by atoms with Crippen molar-refractivity contribution in [3.8, 4) is 0 Å². The van der Waals surface area contributed by atoms with Crippen molar-refractivity contribution >= 4 is 11.8 Å². The first kappa shape index (κ1) is 15.4. The van der Waals surface area contributed by atoms with Gasteiger partial charge in [-0.3, -0.25) is 14.6 Å². The molecule has 0 saturated carbocycles. The number of nitrogens with one attached hydrogen (secondary N) is 2. The van der Waals surface area contributed by atoms with Crippen LogP contribution in [0.3, 0.4) is 0 Å². The Morgan fingerprint density at radius 3 is 3.10 bits per heavy atom. The van der Waals surface area contributed by atoms with Gasteiger partial charge in [-0.05, 0) is 25.0 Å². The predicted octanol–water partition coefficient (Wildman–Crippen LogP) is -0.321. The minimum Gasteiger partial charge on any atom is -0.376 e. The molecule has 1 saturated heterocycles. The molecule has 1 aliphatic rings. The molecule has 0 spiro atoms. The summed E-state index contributed by atoms with van der Waals surface area (Å²) in [6, 6.07) is 2.95. The molecule has 0 radical (unpaired) electrons. The van der Waals surface area contributed by atoms with Crippen LogP contribution in [0.25, 0.3) is 0 Å². The van der Waals surface area contributed by atoms with Crippen LogP contribution < -0.4 is 16.4 Å². The molecule has 1 aromatic rings. The molecule has 0 aromatic carbocycles. The fourth-order valence-corrected chi connectivity index (χ4v) is 2.15. The summed E-state index contributed by atoms with van der Waals surface area (Å²) in [6.07, 6.45) is 3.36. The van der Waals surface area contributed by atoms with E-state index in [2.05, 4.69) is 15.6 Å². The Labute approximate surface area is 123 Å². The second kappa shape index (κ2) is 7.70. The first-order valence-corrected chi connectivity index (χ1v) is 7.03. The zero-order valence-corrected chi connectivity index (χ0v) is 11.8. The quantitative estimate of drug-likeness (QED) is 0.623. The van der Waals surface area contributed by atoms with Crippen molar-refractivity contribution in [2.45, 2.75) is 18.9 Å².